The Morgan fingerprint density at radius 2 is 1.81 bits per heavy atom. The quantitative estimate of drug-likeness (QED) is 0.742. The number of ether oxygens (including phenoxy) is 1. The molecule has 0 amide bonds. The molecule has 0 unspecified atom stereocenters. The second kappa shape index (κ2) is 5.37. The van der Waals surface area contributed by atoms with Crippen LogP contribution >= 0.6 is 15.9 Å². The van der Waals surface area contributed by atoms with Gasteiger partial charge in [0.1, 0.15) is 11.3 Å². The molecule has 0 saturated carbocycles. The Labute approximate surface area is 131 Å². The molecule has 0 aliphatic rings. The van der Waals surface area contributed by atoms with Crippen molar-refractivity contribution in [2.24, 2.45) is 0 Å². The van der Waals surface area contributed by atoms with Crippen LogP contribution in [0.15, 0.2) is 46.9 Å². The van der Waals surface area contributed by atoms with Crippen LogP contribution in [0.4, 0.5) is 5.69 Å². The maximum Gasteiger partial charge on any atom is 0.145 e. The average Bonchev–Trinajstić information content (AvgIpc) is 2.51. The monoisotopic (exact) mass is 342 g/mol. The van der Waals surface area contributed by atoms with Crippen LogP contribution in [-0.4, -0.2) is 12.1 Å². The molecule has 0 aliphatic heterocycles. The lowest BCUT2D eigenvalue weighted by atomic mass is 10.0. The van der Waals surface area contributed by atoms with Crippen molar-refractivity contribution in [1.82, 2.24) is 4.98 Å². The van der Waals surface area contributed by atoms with E-state index < -0.39 is 0 Å². The highest BCUT2D eigenvalue weighted by Gasteiger charge is 2.16. The van der Waals surface area contributed by atoms with Crippen LogP contribution in [-0.2, 0) is 0 Å². The highest BCUT2D eigenvalue weighted by atomic mass is 79.9. The van der Waals surface area contributed by atoms with Crippen LogP contribution in [0.5, 0.6) is 5.75 Å². The van der Waals surface area contributed by atoms with Crippen molar-refractivity contribution in [3.63, 3.8) is 0 Å². The summed E-state index contributed by atoms with van der Waals surface area (Å²) in [4.78, 5) is 4.80. The van der Waals surface area contributed by atoms with Crippen molar-refractivity contribution < 1.29 is 4.74 Å². The van der Waals surface area contributed by atoms with Gasteiger partial charge in [-0.15, -0.1) is 0 Å². The number of anilines is 1. The van der Waals surface area contributed by atoms with E-state index in [9.17, 15) is 0 Å². The Balaban J connectivity index is 2.41. The van der Waals surface area contributed by atoms with Crippen molar-refractivity contribution >= 4 is 32.5 Å². The summed E-state index contributed by atoms with van der Waals surface area (Å²) in [7, 11) is 1.64. The summed E-state index contributed by atoms with van der Waals surface area (Å²) >= 11 is 3.55. The molecule has 1 aromatic heterocycles. The maximum atomic E-state index is 6.36. The normalized spacial score (nSPS) is 10.8. The molecule has 4 heteroatoms. The van der Waals surface area contributed by atoms with Crippen LogP contribution in [0, 0.1) is 6.92 Å². The van der Waals surface area contributed by atoms with Gasteiger partial charge in [0, 0.05) is 21.1 Å². The number of nitrogen functional groups attached to an aromatic ring is 1. The lowest BCUT2D eigenvalue weighted by Crippen LogP contribution is -2.00. The second-order valence-corrected chi connectivity index (χ2v) is 5.69. The number of methoxy groups -OCH3 is 1. The predicted molar refractivity (Wildman–Crippen MR) is 90.6 cm³/mol. The Kier molecular flexibility index (Phi) is 3.55. The molecule has 3 aromatic rings. The Morgan fingerprint density at radius 3 is 2.48 bits per heavy atom. The number of hydrogen-bond acceptors (Lipinski definition) is 3. The zero-order valence-corrected chi connectivity index (χ0v) is 13.4. The van der Waals surface area contributed by atoms with E-state index >= 15 is 0 Å². The number of hydrogen-bond donors (Lipinski definition) is 1. The molecule has 0 radical (unpaired) electrons. The summed E-state index contributed by atoms with van der Waals surface area (Å²) in [5, 5.41) is 0.895. The Bertz CT molecular complexity index is 816. The third-order valence-corrected chi connectivity index (χ3v) is 4.27. The highest BCUT2D eigenvalue weighted by Crippen LogP contribution is 2.38. The van der Waals surface area contributed by atoms with Gasteiger partial charge >= 0.3 is 0 Å². The van der Waals surface area contributed by atoms with Gasteiger partial charge in [-0.2, -0.15) is 0 Å². The minimum Gasteiger partial charge on any atom is -0.494 e. The van der Waals surface area contributed by atoms with Gasteiger partial charge in [-0.25, -0.2) is 4.98 Å². The first-order valence-corrected chi connectivity index (χ1v) is 7.40. The third kappa shape index (κ3) is 2.25. The number of rotatable bonds is 2. The zero-order valence-electron chi connectivity index (χ0n) is 11.9. The molecule has 3 rings (SSSR count). The molecule has 0 aliphatic carbocycles. The third-order valence-electron chi connectivity index (χ3n) is 3.61. The molecular formula is C17H15BrN2O. The SMILES string of the molecule is COc1ccc(Br)c2c(N)c(C)c(-c3ccccc3)nc12. The first-order valence-electron chi connectivity index (χ1n) is 6.61. The number of fused-ring (bicyclic) bond motifs is 1. The highest BCUT2D eigenvalue weighted by molar-refractivity contribution is 9.10. The molecule has 2 N–H and O–H groups in total. The fourth-order valence-electron chi connectivity index (χ4n) is 2.47. The van der Waals surface area contributed by atoms with Gasteiger partial charge in [-0.3, -0.25) is 0 Å². The molecule has 106 valence electrons. The molecule has 0 bridgehead atoms. The van der Waals surface area contributed by atoms with E-state index in [0.29, 0.717) is 0 Å². The first kappa shape index (κ1) is 13.9. The minimum atomic E-state index is 0.720. The fourth-order valence-corrected chi connectivity index (χ4v) is 3.00. The van der Waals surface area contributed by atoms with Crippen molar-refractivity contribution in [2.45, 2.75) is 6.92 Å². The summed E-state index contributed by atoms with van der Waals surface area (Å²) < 4.78 is 6.35. The predicted octanol–water partition coefficient (Wildman–Crippen LogP) is 4.56. The van der Waals surface area contributed by atoms with Crippen molar-refractivity contribution in [2.75, 3.05) is 12.8 Å². The van der Waals surface area contributed by atoms with Gasteiger partial charge < -0.3 is 10.5 Å². The van der Waals surface area contributed by atoms with Crippen molar-refractivity contribution in [3.05, 3.63) is 52.5 Å². The molecular weight excluding hydrogens is 328 g/mol. The summed E-state index contributed by atoms with van der Waals surface area (Å²) in [5.41, 5.74) is 10.8. The van der Waals surface area contributed by atoms with Crippen LogP contribution in [0.25, 0.3) is 22.2 Å². The number of benzene rings is 2. The van der Waals surface area contributed by atoms with Gasteiger partial charge in [0.15, 0.2) is 0 Å². The second-order valence-electron chi connectivity index (χ2n) is 4.84. The van der Waals surface area contributed by atoms with E-state index in [1.165, 1.54) is 0 Å². The summed E-state index contributed by atoms with van der Waals surface area (Å²) in [5.74, 6) is 0.720. The van der Waals surface area contributed by atoms with Crippen LogP contribution in [0.1, 0.15) is 5.56 Å². The van der Waals surface area contributed by atoms with E-state index in [1.807, 2.05) is 49.4 Å². The van der Waals surface area contributed by atoms with E-state index in [0.717, 1.165) is 43.6 Å². The zero-order chi connectivity index (χ0) is 15.0. The van der Waals surface area contributed by atoms with Gasteiger partial charge in [0.25, 0.3) is 0 Å². The van der Waals surface area contributed by atoms with E-state index in [4.69, 9.17) is 15.5 Å². The van der Waals surface area contributed by atoms with Crippen LogP contribution in [0.3, 0.4) is 0 Å². The lowest BCUT2D eigenvalue weighted by Gasteiger charge is -2.14. The van der Waals surface area contributed by atoms with E-state index in [-0.39, 0.29) is 0 Å². The first-order chi connectivity index (χ1) is 10.1. The van der Waals surface area contributed by atoms with Gasteiger partial charge in [-0.05, 0) is 24.6 Å². The molecule has 21 heavy (non-hydrogen) atoms. The molecule has 0 saturated heterocycles. The van der Waals surface area contributed by atoms with Crippen molar-refractivity contribution in [1.29, 1.82) is 0 Å². The van der Waals surface area contributed by atoms with Crippen molar-refractivity contribution in [3.8, 4) is 17.0 Å². The van der Waals surface area contributed by atoms with Gasteiger partial charge in [0.05, 0.1) is 12.8 Å². The van der Waals surface area contributed by atoms with Gasteiger partial charge in [0.2, 0.25) is 0 Å². The van der Waals surface area contributed by atoms with E-state index in [2.05, 4.69) is 15.9 Å². The van der Waals surface area contributed by atoms with E-state index in [1.54, 1.807) is 7.11 Å². The number of pyridine rings is 1. The minimum absolute atomic E-state index is 0.720. The average molecular weight is 343 g/mol. The molecule has 2 aromatic carbocycles. The number of aromatic nitrogens is 1. The molecule has 0 atom stereocenters. The van der Waals surface area contributed by atoms with Gasteiger partial charge in [-0.1, -0.05) is 46.3 Å². The number of halogens is 1. The largest absolute Gasteiger partial charge is 0.494 e. The smallest absolute Gasteiger partial charge is 0.145 e. The topological polar surface area (TPSA) is 48.1 Å². The summed E-state index contributed by atoms with van der Waals surface area (Å²) in [6.45, 7) is 2.00. The Morgan fingerprint density at radius 1 is 1.10 bits per heavy atom. The summed E-state index contributed by atoms with van der Waals surface area (Å²) in [6, 6.07) is 13.9. The molecule has 1 heterocycles. The number of nitrogens with two attached hydrogens (primary N) is 1. The van der Waals surface area contributed by atoms with Crippen LogP contribution < -0.4 is 10.5 Å². The lowest BCUT2D eigenvalue weighted by molar-refractivity contribution is 0.419. The molecule has 0 fully saturated rings. The number of nitrogens with zero attached hydrogens (tertiary/aromatic N) is 1. The molecule has 0 spiro atoms. The molecule has 3 nitrogen and oxygen atoms in total. The Hall–Kier alpha value is -2.07. The standard InChI is InChI=1S/C17H15BrN2O/c1-10-15(19)14-12(18)8-9-13(21-2)17(14)20-16(10)11-6-4-3-5-7-11/h3-9H,1-2H3,(H2,19,20). The maximum absolute atomic E-state index is 6.36. The fraction of sp³-hybridized carbons (Fsp3) is 0.118. The summed E-state index contributed by atoms with van der Waals surface area (Å²) in [6.07, 6.45) is 0. The van der Waals surface area contributed by atoms with Crippen LogP contribution in [0.2, 0.25) is 0 Å².